The van der Waals surface area contributed by atoms with Gasteiger partial charge in [-0.25, -0.2) is 0 Å². The smallest absolute Gasteiger partial charge is 0.227 e. The van der Waals surface area contributed by atoms with Crippen LogP contribution in [0.25, 0.3) is 11.0 Å². The van der Waals surface area contributed by atoms with Crippen molar-refractivity contribution in [3.63, 3.8) is 0 Å². The summed E-state index contributed by atoms with van der Waals surface area (Å²) in [6.07, 6.45) is 1.78. The Hall–Kier alpha value is -3.12. The summed E-state index contributed by atoms with van der Waals surface area (Å²) in [4.78, 5) is 9.30. The van der Waals surface area contributed by atoms with Crippen LogP contribution in [0, 0.1) is 13.8 Å². The van der Waals surface area contributed by atoms with E-state index in [1.54, 1.807) is 10.9 Å². The van der Waals surface area contributed by atoms with Gasteiger partial charge in [-0.15, -0.1) is 0 Å². The summed E-state index contributed by atoms with van der Waals surface area (Å²) in [5, 5.41) is 12.6. The lowest BCUT2D eigenvalue weighted by molar-refractivity contribution is 0.785. The summed E-state index contributed by atoms with van der Waals surface area (Å²) in [6.45, 7) is 4.69. The maximum atomic E-state index is 6.25. The zero-order chi connectivity index (χ0) is 19.7. The lowest BCUT2D eigenvalue weighted by Gasteiger charge is -2.13. The fourth-order valence-corrected chi connectivity index (χ4v) is 3.30. The van der Waals surface area contributed by atoms with Gasteiger partial charge in [0.15, 0.2) is 5.65 Å². The molecule has 0 aliphatic rings. The maximum absolute atomic E-state index is 6.25. The normalized spacial score (nSPS) is 11.0. The number of aromatic nitrogens is 4. The van der Waals surface area contributed by atoms with Gasteiger partial charge in [-0.3, -0.25) is 4.68 Å². The molecule has 0 spiro atoms. The number of fused-ring (bicyclic) bond motifs is 1. The van der Waals surface area contributed by atoms with Crippen LogP contribution in [-0.4, -0.2) is 19.7 Å². The van der Waals surface area contributed by atoms with Gasteiger partial charge in [0.2, 0.25) is 5.95 Å². The first-order chi connectivity index (χ1) is 13.5. The molecule has 2 aromatic heterocycles. The number of aryl methyl sites for hydroxylation is 3. The van der Waals surface area contributed by atoms with Crippen LogP contribution in [0.1, 0.15) is 16.7 Å². The molecule has 4 aromatic rings. The molecule has 7 heteroatoms. The second-order valence-corrected chi connectivity index (χ2v) is 7.20. The topological polar surface area (TPSA) is 67.7 Å². The summed E-state index contributed by atoms with van der Waals surface area (Å²) >= 11 is 6.25. The lowest BCUT2D eigenvalue weighted by atomic mass is 10.1. The average molecular weight is 393 g/mol. The highest BCUT2D eigenvalue weighted by molar-refractivity contribution is 6.31. The number of rotatable bonds is 5. The Morgan fingerprint density at radius 2 is 1.89 bits per heavy atom. The molecule has 0 aliphatic heterocycles. The van der Waals surface area contributed by atoms with Gasteiger partial charge in [-0.1, -0.05) is 47.5 Å². The predicted molar refractivity (Wildman–Crippen MR) is 114 cm³/mol. The van der Waals surface area contributed by atoms with Gasteiger partial charge in [-0.05, 0) is 37.1 Å². The van der Waals surface area contributed by atoms with Crippen molar-refractivity contribution in [1.29, 1.82) is 0 Å². The number of hydrogen-bond donors (Lipinski definition) is 2. The number of anilines is 3. The molecule has 0 atom stereocenters. The predicted octanol–water partition coefficient (Wildman–Crippen LogP) is 4.99. The highest BCUT2D eigenvalue weighted by Gasteiger charge is 2.13. The minimum atomic E-state index is 0.517. The number of benzene rings is 2. The Balaban J connectivity index is 1.68. The van der Waals surface area contributed by atoms with E-state index in [0.717, 1.165) is 27.8 Å². The van der Waals surface area contributed by atoms with Crippen molar-refractivity contribution in [3.05, 3.63) is 70.4 Å². The van der Waals surface area contributed by atoms with Gasteiger partial charge in [-0.2, -0.15) is 15.1 Å². The quantitative estimate of drug-likeness (QED) is 0.500. The third-order valence-corrected chi connectivity index (χ3v) is 4.99. The van der Waals surface area contributed by atoms with Crippen LogP contribution in [0.5, 0.6) is 0 Å². The molecular formula is C21H21ClN6. The summed E-state index contributed by atoms with van der Waals surface area (Å²) < 4.78 is 1.74. The summed E-state index contributed by atoms with van der Waals surface area (Å²) in [7, 11) is 1.87. The van der Waals surface area contributed by atoms with Crippen LogP contribution in [0.15, 0.2) is 48.7 Å². The second kappa shape index (κ2) is 7.48. The highest BCUT2D eigenvalue weighted by Crippen LogP contribution is 2.27. The molecule has 0 saturated heterocycles. The van der Waals surface area contributed by atoms with Gasteiger partial charge in [0.05, 0.1) is 11.6 Å². The maximum Gasteiger partial charge on any atom is 0.227 e. The lowest BCUT2D eigenvalue weighted by Crippen LogP contribution is -2.07. The molecule has 142 valence electrons. The molecule has 0 radical (unpaired) electrons. The molecule has 2 N–H and O–H groups in total. The molecule has 0 bridgehead atoms. The van der Waals surface area contributed by atoms with E-state index in [9.17, 15) is 0 Å². The fraction of sp³-hybridized carbons (Fsp3) is 0.190. The van der Waals surface area contributed by atoms with Crippen LogP contribution >= 0.6 is 11.6 Å². The highest BCUT2D eigenvalue weighted by atomic mass is 35.5. The second-order valence-electron chi connectivity index (χ2n) is 6.79. The molecule has 6 nitrogen and oxygen atoms in total. The first-order valence-corrected chi connectivity index (χ1v) is 9.40. The Morgan fingerprint density at radius 1 is 1.07 bits per heavy atom. The van der Waals surface area contributed by atoms with Crippen molar-refractivity contribution in [2.24, 2.45) is 7.05 Å². The van der Waals surface area contributed by atoms with Crippen molar-refractivity contribution in [2.45, 2.75) is 20.4 Å². The number of nitrogens with one attached hydrogen (secondary N) is 2. The molecule has 2 heterocycles. The van der Waals surface area contributed by atoms with E-state index in [2.05, 4.69) is 57.7 Å². The SMILES string of the molecule is Cc1ccc(Nc2nc(NCc3ccccc3Cl)nc3c2cnn3C)c(C)c1. The van der Waals surface area contributed by atoms with E-state index in [1.807, 2.05) is 31.3 Å². The Labute approximate surface area is 168 Å². The van der Waals surface area contributed by atoms with Crippen molar-refractivity contribution < 1.29 is 0 Å². The van der Waals surface area contributed by atoms with E-state index in [0.29, 0.717) is 23.3 Å². The van der Waals surface area contributed by atoms with Crippen LogP contribution in [0.2, 0.25) is 5.02 Å². The third-order valence-electron chi connectivity index (χ3n) is 4.62. The van der Waals surface area contributed by atoms with Crippen LogP contribution < -0.4 is 10.6 Å². The molecule has 28 heavy (non-hydrogen) atoms. The minimum Gasteiger partial charge on any atom is -0.350 e. The van der Waals surface area contributed by atoms with Crippen molar-refractivity contribution in [3.8, 4) is 0 Å². The molecule has 0 fully saturated rings. The van der Waals surface area contributed by atoms with E-state index < -0.39 is 0 Å². The summed E-state index contributed by atoms with van der Waals surface area (Å²) in [6, 6.07) is 14.0. The molecule has 0 saturated carbocycles. The largest absolute Gasteiger partial charge is 0.350 e. The van der Waals surface area contributed by atoms with E-state index in [4.69, 9.17) is 11.6 Å². The van der Waals surface area contributed by atoms with Crippen molar-refractivity contribution >= 4 is 40.1 Å². The number of nitrogens with zero attached hydrogens (tertiary/aromatic N) is 4. The minimum absolute atomic E-state index is 0.517. The zero-order valence-corrected chi connectivity index (χ0v) is 16.7. The van der Waals surface area contributed by atoms with Gasteiger partial charge in [0.25, 0.3) is 0 Å². The molecule has 0 unspecified atom stereocenters. The first kappa shape index (κ1) is 18.3. The van der Waals surface area contributed by atoms with Crippen LogP contribution in [-0.2, 0) is 13.6 Å². The van der Waals surface area contributed by atoms with Gasteiger partial charge >= 0.3 is 0 Å². The Bertz CT molecular complexity index is 1150. The van der Waals surface area contributed by atoms with E-state index in [1.165, 1.54) is 5.56 Å². The molecule has 0 aliphatic carbocycles. The van der Waals surface area contributed by atoms with Crippen LogP contribution in [0.4, 0.5) is 17.5 Å². The zero-order valence-electron chi connectivity index (χ0n) is 16.0. The van der Waals surface area contributed by atoms with Gasteiger partial charge < -0.3 is 10.6 Å². The van der Waals surface area contributed by atoms with Crippen LogP contribution in [0.3, 0.4) is 0 Å². The monoisotopic (exact) mass is 392 g/mol. The average Bonchev–Trinajstić information content (AvgIpc) is 3.05. The Morgan fingerprint density at radius 3 is 2.68 bits per heavy atom. The van der Waals surface area contributed by atoms with E-state index in [-0.39, 0.29) is 0 Å². The Kier molecular flexibility index (Phi) is 4.88. The fourth-order valence-electron chi connectivity index (χ4n) is 3.09. The number of hydrogen-bond acceptors (Lipinski definition) is 5. The van der Waals surface area contributed by atoms with Gasteiger partial charge in [0, 0.05) is 24.3 Å². The van der Waals surface area contributed by atoms with Gasteiger partial charge in [0.1, 0.15) is 5.82 Å². The molecular weight excluding hydrogens is 372 g/mol. The third kappa shape index (κ3) is 3.64. The van der Waals surface area contributed by atoms with E-state index >= 15 is 0 Å². The molecule has 0 amide bonds. The van der Waals surface area contributed by atoms with Crippen molar-refractivity contribution in [1.82, 2.24) is 19.7 Å². The summed E-state index contributed by atoms with van der Waals surface area (Å²) in [5.41, 5.74) is 5.12. The molecule has 4 rings (SSSR count). The molecule has 2 aromatic carbocycles. The standard InChI is InChI=1S/C21H21ClN6/c1-13-8-9-18(14(2)10-13)25-19-16-12-24-28(3)20(16)27-21(26-19)23-11-15-6-4-5-7-17(15)22/h4-10,12H,11H2,1-3H3,(H2,23,25,26,27). The van der Waals surface area contributed by atoms with Crippen molar-refractivity contribution in [2.75, 3.05) is 10.6 Å². The first-order valence-electron chi connectivity index (χ1n) is 9.02. The number of halogens is 1. The summed E-state index contributed by atoms with van der Waals surface area (Å²) in [5.74, 6) is 1.23.